The summed E-state index contributed by atoms with van der Waals surface area (Å²) in [6, 6.07) is 6.24. The topological polar surface area (TPSA) is 94.5 Å². The molecule has 0 spiro atoms. The van der Waals surface area contributed by atoms with Gasteiger partial charge in [0.2, 0.25) is 17.8 Å². The van der Waals surface area contributed by atoms with Crippen molar-refractivity contribution in [3.05, 3.63) is 23.8 Å². The molecule has 1 aromatic carbocycles. The summed E-state index contributed by atoms with van der Waals surface area (Å²) in [5.41, 5.74) is 1.94. The van der Waals surface area contributed by atoms with E-state index in [2.05, 4.69) is 10.3 Å². The molecule has 1 aromatic rings. The van der Waals surface area contributed by atoms with Gasteiger partial charge in [-0.3, -0.25) is 14.9 Å². The first kappa shape index (κ1) is 22.6. The Hall–Kier alpha value is -2.61. The fourth-order valence-corrected chi connectivity index (χ4v) is 4.81. The Kier molecular flexibility index (Phi) is 7.63. The number of nitrogens with zero attached hydrogens (tertiary/aromatic N) is 3. The highest BCUT2D eigenvalue weighted by Gasteiger charge is 2.29. The van der Waals surface area contributed by atoms with E-state index >= 15 is 0 Å². The zero-order valence-corrected chi connectivity index (χ0v) is 18.7. The third-order valence-corrected chi connectivity index (χ3v) is 6.51. The largest absolute Gasteiger partial charge is 0.494 e. The van der Waals surface area contributed by atoms with Crippen LogP contribution in [0, 0.1) is 0 Å². The van der Waals surface area contributed by atoms with E-state index in [9.17, 15) is 14.7 Å². The van der Waals surface area contributed by atoms with Crippen molar-refractivity contribution in [1.82, 2.24) is 15.1 Å². The van der Waals surface area contributed by atoms with Gasteiger partial charge in [-0.2, -0.15) is 0 Å². The van der Waals surface area contributed by atoms with Crippen LogP contribution in [0.25, 0.3) is 0 Å². The molecule has 2 fully saturated rings. The smallest absolute Gasteiger partial charge is 0.246 e. The normalized spacial score (nSPS) is 17.6. The van der Waals surface area contributed by atoms with Crippen LogP contribution in [0.5, 0.6) is 5.75 Å². The van der Waals surface area contributed by atoms with E-state index < -0.39 is 0 Å². The molecule has 0 unspecified atom stereocenters. The van der Waals surface area contributed by atoms with Crippen molar-refractivity contribution in [1.29, 1.82) is 0 Å². The van der Waals surface area contributed by atoms with Crippen LogP contribution in [0.15, 0.2) is 23.2 Å². The van der Waals surface area contributed by atoms with Gasteiger partial charge in [-0.25, -0.2) is 4.99 Å². The van der Waals surface area contributed by atoms with Crippen LogP contribution in [0.1, 0.15) is 63.4 Å². The Labute approximate surface area is 189 Å². The summed E-state index contributed by atoms with van der Waals surface area (Å²) in [6.45, 7) is 2.19. The molecule has 8 heteroatoms. The molecule has 3 aliphatic rings. The Morgan fingerprint density at radius 3 is 2.81 bits per heavy atom. The van der Waals surface area contributed by atoms with Gasteiger partial charge in [-0.1, -0.05) is 31.7 Å². The van der Waals surface area contributed by atoms with Crippen LogP contribution in [-0.2, 0) is 16.1 Å². The van der Waals surface area contributed by atoms with Crippen LogP contribution in [0.2, 0.25) is 0 Å². The number of amides is 2. The van der Waals surface area contributed by atoms with Gasteiger partial charge in [0.1, 0.15) is 12.3 Å². The minimum Gasteiger partial charge on any atom is -0.494 e. The number of rotatable bonds is 11. The lowest BCUT2D eigenvalue weighted by Gasteiger charge is -2.28. The average molecular weight is 443 g/mol. The van der Waals surface area contributed by atoms with Crippen LogP contribution >= 0.6 is 0 Å². The molecule has 4 rings (SSSR count). The predicted molar refractivity (Wildman–Crippen MR) is 122 cm³/mol. The fourth-order valence-electron chi connectivity index (χ4n) is 4.81. The van der Waals surface area contributed by atoms with Crippen molar-refractivity contribution in [2.75, 3.05) is 26.3 Å². The van der Waals surface area contributed by atoms with Crippen LogP contribution in [0.3, 0.4) is 0 Å². The van der Waals surface area contributed by atoms with E-state index in [-0.39, 0.29) is 18.4 Å². The molecule has 2 aliphatic heterocycles. The second-order valence-electron chi connectivity index (χ2n) is 8.89. The molecule has 1 aliphatic carbocycles. The number of nitrogens with one attached hydrogen (secondary N) is 1. The van der Waals surface area contributed by atoms with Gasteiger partial charge < -0.3 is 19.6 Å². The van der Waals surface area contributed by atoms with E-state index in [0.29, 0.717) is 44.7 Å². The van der Waals surface area contributed by atoms with E-state index in [1.807, 2.05) is 28.0 Å². The van der Waals surface area contributed by atoms with Crippen molar-refractivity contribution >= 4 is 23.5 Å². The third-order valence-electron chi connectivity index (χ3n) is 6.51. The fraction of sp³-hybridized carbons (Fsp3) is 0.625. The summed E-state index contributed by atoms with van der Waals surface area (Å²) in [5, 5.41) is 12.1. The molecule has 32 heavy (non-hydrogen) atoms. The molecule has 2 heterocycles. The number of ether oxygens (including phenoxy) is 1. The Morgan fingerprint density at radius 1 is 1.19 bits per heavy atom. The molecule has 1 saturated heterocycles. The SMILES string of the molecule is O=C1CN2Cc3ccc(OCCCCCCC(=O)N(CCO)C4CCCC4)cc3N=C2N1. The van der Waals surface area contributed by atoms with Gasteiger partial charge >= 0.3 is 0 Å². The molecular weight excluding hydrogens is 408 g/mol. The van der Waals surface area contributed by atoms with Crippen molar-refractivity contribution in [2.45, 2.75) is 70.4 Å². The maximum atomic E-state index is 12.6. The van der Waals surface area contributed by atoms with E-state index in [0.717, 1.165) is 55.5 Å². The molecule has 0 aromatic heterocycles. The molecule has 0 radical (unpaired) electrons. The quantitative estimate of drug-likeness (QED) is 0.514. The number of aliphatic hydroxyl groups is 1. The lowest BCUT2D eigenvalue weighted by Crippen LogP contribution is -2.40. The number of aliphatic imine (C=N–C) groups is 1. The molecule has 0 atom stereocenters. The van der Waals surface area contributed by atoms with Gasteiger partial charge in [0.05, 0.1) is 18.9 Å². The third kappa shape index (κ3) is 5.59. The maximum Gasteiger partial charge on any atom is 0.246 e. The van der Waals surface area contributed by atoms with Gasteiger partial charge in [-0.05, 0) is 37.3 Å². The zero-order valence-electron chi connectivity index (χ0n) is 18.7. The highest BCUT2D eigenvalue weighted by Crippen LogP contribution is 2.31. The summed E-state index contributed by atoms with van der Waals surface area (Å²) in [5.74, 6) is 1.58. The van der Waals surface area contributed by atoms with E-state index in [1.165, 1.54) is 12.8 Å². The molecule has 0 bridgehead atoms. The van der Waals surface area contributed by atoms with Gasteiger partial charge in [0, 0.05) is 31.6 Å². The first-order valence-corrected chi connectivity index (χ1v) is 11.9. The van der Waals surface area contributed by atoms with Gasteiger partial charge in [0.15, 0.2) is 0 Å². The highest BCUT2D eigenvalue weighted by atomic mass is 16.5. The summed E-state index contributed by atoms with van der Waals surface area (Å²) in [7, 11) is 0. The van der Waals surface area contributed by atoms with E-state index in [1.54, 1.807) is 0 Å². The number of carbonyl (C=O) groups is 2. The minimum absolute atomic E-state index is 0.0191. The number of guanidine groups is 1. The number of fused-ring (bicyclic) bond motifs is 2. The Balaban J connectivity index is 1.13. The second kappa shape index (κ2) is 10.8. The summed E-state index contributed by atoms with van der Waals surface area (Å²) in [4.78, 5) is 32.5. The first-order valence-electron chi connectivity index (χ1n) is 11.9. The summed E-state index contributed by atoms with van der Waals surface area (Å²) < 4.78 is 5.90. The lowest BCUT2D eigenvalue weighted by atomic mass is 10.1. The number of unbranched alkanes of at least 4 members (excludes halogenated alkanes) is 3. The van der Waals surface area contributed by atoms with Crippen molar-refractivity contribution in [3.63, 3.8) is 0 Å². The molecule has 174 valence electrons. The monoisotopic (exact) mass is 442 g/mol. The predicted octanol–water partition coefficient (Wildman–Crippen LogP) is 2.71. The van der Waals surface area contributed by atoms with E-state index in [4.69, 9.17) is 4.74 Å². The summed E-state index contributed by atoms with van der Waals surface area (Å²) in [6.07, 6.45) is 8.93. The number of aliphatic hydroxyl groups excluding tert-OH is 1. The summed E-state index contributed by atoms with van der Waals surface area (Å²) >= 11 is 0. The van der Waals surface area contributed by atoms with Crippen LogP contribution in [-0.4, -0.2) is 65.0 Å². The van der Waals surface area contributed by atoms with Gasteiger partial charge in [-0.15, -0.1) is 0 Å². The van der Waals surface area contributed by atoms with Crippen molar-refractivity contribution in [3.8, 4) is 5.75 Å². The molecule has 2 N–H and O–H groups in total. The second-order valence-corrected chi connectivity index (χ2v) is 8.89. The van der Waals surface area contributed by atoms with Gasteiger partial charge in [0.25, 0.3) is 0 Å². The highest BCUT2D eigenvalue weighted by molar-refractivity contribution is 6.05. The number of benzene rings is 1. The van der Waals surface area contributed by atoms with Crippen molar-refractivity contribution in [2.24, 2.45) is 4.99 Å². The minimum atomic E-state index is -0.0191. The molecule has 8 nitrogen and oxygen atoms in total. The Morgan fingerprint density at radius 2 is 2.00 bits per heavy atom. The first-order chi connectivity index (χ1) is 15.6. The number of hydrogen-bond donors (Lipinski definition) is 2. The zero-order chi connectivity index (χ0) is 22.3. The molecule has 1 saturated carbocycles. The Bertz CT molecular complexity index is 850. The lowest BCUT2D eigenvalue weighted by molar-refractivity contribution is -0.134. The number of hydrogen-bond acceptors (Lipinski definition) is 6. The standard InChI is InChI=1S/C24H34N4O4/c29-13-12-28(19-7-4-5-8-19)23(31)9-3-1-2-6-14-32-20-11-10-18-16-27-17-22(30)26-24(27)25-21(18)15-20/h10-11,15,19,29H,1-9,12-14,16-17H2,(H,25,26,30). The molecule has 2 amide bonds. The maximum absolute atomic E-state index is 12.6. The molecular formula is C24H34N4O4. The van der Waals surface area contributed by atoms with Crippen molar-refractivity contribution < 1.29 is 19.4 Å². The number of carbonyl (C=O) groups excluding carboxylic acids is 2. The van der Waals surface area contributed by atoms with Crippen LogP contribution in [0.4, 0.5) is 5.69 Å². The average Bonchev–Trinajstić information content (AvgIpc) is 3.43. The van der Waals surface area contributed by atoms with Crippen LogP contribution < -0.4 is 10.1 Å².